The molecule has 0 fully saturated rings. The topological polar surface area (TPSA) is 47.8 Å². The molecule has 0 bridgehead atoms. The highest BCUT2D eigenvalue weighted by Crippen LogP contribution is 2.20. The molecule has 1 unspecified atom stereocenters. The minimum atomic E-state index is -2.58. The molecule has 0 saturated heterocycles. The zero-order chi connectivity index (χ0) is 12.4. The molecule has 2 rings (SSSR count). The Morgan fingerprint density at radius 1 is 1.47 bits per heavy atom. The molecule has 0 aliphatic rings. The van der Waals surface area contributed by atoms with Gasteiger partial charge in [0.15, 0.2) is 15.8 Å². The normalized spacial score (nSPS) is 12.9. The summed E-state index contributed by atoms with van der Waals surface area (Å²) in [6.07, 6.45) is 1.35. The third-order valence-electron chi connectivity index (χ3n) is 2.00. The Morgan fingerprint density at radius 3 is 2.82 bits per heavy atom. The van der Waals surface area contributed by atoms with Crippen molar-refractivity contribution < 1.29 is 13.0 Å². The Morgan fingerprint density at radius 2 is 2.24 bits per heavy atom. The molecule has 8 heteroatoms. The monoisotopic (exact) mass is 277 g/mol. The van der Waals surface area contributed by atoms with Crippen molar-refractivity contribution in [2.75, 3.05) is 0 Å². The third-order valence-corrected chi connectivity index (χ3v) is 3.12. The van der Waals surface area contributed by atoms with Gasteiger partial charge in [-0.05, 0) is 22.8 Å². The predicted molar refractivity (Wildman–Crippen MR) is 58.6 cm³/mol. The van der Waals surface area contributed by atoms with Gasteiger partial charge < -0.3 is 0 Å². The SMILES string of the molecule is O=S(Cl)c1cnn(-c2cc(C(F)F)ccn2)c1. The lowest BCUT2D eigenvalue weighted by molar-refractivity contribution is 0.151. The van der Waals surface area contributed by atoms with Crippen LogP contribution in [0.2, 0.25) is 0 Å². The molecule has 17 heavy (non-hydrogen) atoms. The summed E-state index contributed by atoms with van der Waals surface area (Å²) in [6.45, 7) is 0. The van der Waals surface area contributed by atoms with Crippen LogP contribution in [0, 0.1) is 0 Å². The number of hydrogen-bond donors (Lipinski definition) is 0. The summed E-state index contributed by atoms with van der Waals surface area (Å²) in [5, 5.41) is 3.84. The minimum absolute atomic E-state index is 0.154. The van der Waals surface area contributed by atoms with Crippen molar-refractivity contribution in [3.8, 4) is 5.82 Å². The lowest BCUT2D eigenvalue weighted by Crippen LogP contribution is -1.99. The van der Waals surface area contributed by atoms with E-state index in [2.05, 4.69) is 10.1 Å². The van der Waals surface area contributed by atoms with Crippen molar-refractivity contribution in [2.24, 2.45) is 0 Å². The Hall–Kier alpha value is -1.34. The van der Waals surface area contributed by atoms with Crippen LogP contribution < -0.4 is 0 Å². The second-order valence-corrected chi connectivity index (χ2v) is 4.85. The van der Waals surface area contributed by atoms with Crippen LogP contribution in [0.5, 0.6) is 0 Å². The maximum Gasteiger partial charge on any atom is 0.264 e. The molecule has 0 aliphatic heterocycles. The van der Waals surface area contributed by atoms with Gasteiger partial charge in [-0.15, -0.1) is 0 Å². The van der Waals surface area contributed by atoms with Crippen LogP contribution in [0.1, 0.15) is 12.0 Å². The van der Waals surface area contributed by atoms with E-state index >= 15 is 0 Å². The summed E-state index contributed by atoms with van der Waals surface area (Å²) >= 11 is 0. The Bertz CT molecular complexity index is 561. The van der Waals surface area contributed by atoms with E-state index in [1.807, 2.05) is 0 Å². The van der Waals surface area contributed by atoms with Crippen molar-refractivity contribution in [1.29, 1.82) is 0 Å². The molecule has 90 valence electrons. The molecule has 0 radical (unpaired) electrons. The lowest BCUT2D eigenvalue weighted by atomic mass is 10.3. The summed E-state index contributed by atoms with van der Waals surface area (Å²) in [7, 11) is 3.68. The molecule has 0 spiro atoms. The molecular formula is C9H6ClF2N3OS. The zero-order valence-electron chi connectivity index (χ0n) is 8.26. The van der Waals surface area contributed by atoms with Crippen LogP contribution in [0.3, 0.4) is 0 Å². The van der Waals surface area contributed by atoms with Crippen LogP contribution in [0.15, 0.2) is 35.6 Å². The minimum Gasteiger partial charge on any atom is -0.237 e. The maximum absolute atomic E-state index is 12.5. The Balaban J connectivity index is 2.38. The van der Waals surface area contributed by atoms with Gasteiger partial charge in [0.05, 0.1) is 11.1 Å². The van der Waals surface area contributed by atoms with Gasteiger partial charge in [0.25, 0.3) is 6.43 Å². The summed E-state index contributed by atoms with van der Waals surface area (Å²) in [5.41, 5.74) is -0.154. The van der Waals surface area contributed by atoms with Gasteiger partial charge in [0.1, 0.15) is 0 Å². The number of nitrogens with zero attached hydrogens (tertiary/aromatic N) is 3. The fraction of sp³-hybridized carbons (Fsp3) is 0.111. The Kier molecular flexibility index (Phi) is 3.49. The standard InChI is InChI=1S/C9H6ClF2N3OS/c10-17(16)7-4-14-15(5-7)8-3-6(9(11)12)1-2-13-8/h1-5,9H. The first-order chi connectivity index (χ1) is 8.08. The molecule has 2 aromatic rings. The molecular weight excluding hydrogens is 272 g/mol. The smallest absolute Gasteiger partial charge is 0.237 e. The van der Waals surface area contributed by atoms with Gasteiger partial charge in [-0.3, -0.25) is 0 Å². The van der Waals surface area contributed by atoms with E-state index in [0.717, 1.165) is 0 Å². The lowest BCUT2D eigenvalue weighted by Gasteiger charge is -2.02. The van der Waals surface area contributed by atoms with Crippen molar-refractivity contribution in [3.05, 3.63) is 36.3 Å². The number of halogens is 3. The highest BCUT2D eigenvalue weighted by atomic mass is 35.7. The summed E-state index contributed by atoms with van der Waals surface area (Å²) in [4.78, 5) is 4.18. The van der Waals surface area contributed by atoms with E-state index in [0.29, 0.717) is 0 Å². The highest BCUT2D eigenvalue weighted by Gasteiger charge is 2.10. The van der Waals surface area contributed by atoms with Gasteiger partial charge >= 0.3 is 0 Å². The number of aromatic nitrogens is 3. The zero-order valence-corrected chi connectivity index (χ0v) is 9.83. The van der Waals surface area contributed by atoms with E-state index in [1.165, 1.54) is 35.4 Å². The van der Waals surface area contributed by atoms with E-state index in [1.54, 1.807) is 0 Å². The number of alkyl halides is 2. The molecule has 0 aromatic carbocycles. The van der Waals surface area contributed by atoms with E-state index in [9.17, 15) is 13.0 Å². The van der Waals surface area contributed by atoms with Gasteiger partial charge in [0, 0.05) is 18.0 Å². The van der Waals surface area contributed by atoms with E-state index in [-0.39, 0.29) is 16.3 Å². The van der Waals surface area contributed by atoms with Crippen LogP contribution in [-0.4, -0.2) is 19.0 Å². The predicted octanol–water partition coefficient (Wildman–Crippen LogP) is 2.47. The second-order valence-electron chi connectivity index (χ2n) is 3.09. The van der Waals surface area contributed by atoms with E-state index < -0.39 is 16.4 Å². The average Bonchev–Trinajstić information content (AvgIpc) is 2.78. The molecule has 2 heterocycles. The molecule has 0 aliphatic carbocycles. The third kappa shape index (κ3) is 2.67. The Labute approximate surface area is 102 Å². The van der Waals surface area contributed by atoms with Crippen molar-refractivity contribution >= 4 is 20.7 Å². The van der Waals surface area contributed by atoms with Crippen molar-refractivity contribution in [1.82, 2.24) is 14.8 Å². The maximum atomic E-state index is 12.5. The molecule has 1 atom stereocenters. The first-order valence-corrected chi connectivity index (χ1v) is 6.42. The van der Waals surface area contributed by atoms with E-state index in [4.69, 9.17) is 10.7 Å². The molecule has 4 nitrogen and oxygen atoms in total. The first-order valence-electron chi connectivity index (χ1n) is 4.45. The number of hydrogen-bond acceptors (Lipinski definition) is 3. The van der Waals surface area contributed by atoms with Crippen molar-refractivity contribution in [3.63, 3.8) is 0 Å². The fourth-order valence-corrected chi connectivity index (χ4v) is 1.76. The summed E-state index contributed by atoms with van der Waals surface area (Å²) in [6, 6.07) is 2.43. The highest BCUT2D eigenvalue weighted by molar-refractivity contribution is 8.08. The largest absolute Gasteiger partial charge is 0.264 e. The number of rotatable bonds is 3. The summed E-state index contributed by atoms with van der Waals surface area (Å²) < 4.78 is 37.1. The van der Waals surface area contributed by atoms with Crippen LogP contribution in [0.25, 0.3) is 5.82 Å². The number of pyridine rings is 1. The van der Waals surface area contributed by atoms with Gasteiger partial charge in [-0.2, -0.15) is 5.10 Å². The molecule has 0 N–H and O–H groups in total. The second kappa shape index (κ2) is 4.89. The molecule has 0 saturated carbocycles. The van der Waals surface area contributed by atoms with Gasteiger partial charge in [-0.1, -0.05) is 0 Å². The average molecular weight is 278 g/mol. The van der Waals surface area contributed by atoms with Crippen molar-refractivity contribution in [2.45, 2.75) is 11.3 Å². The van der Waals surface area contributed by atoms with Crippen LogP contribution >= 0.6 is 10.7 Å². The van der Waals surface area contributed by atoms with Gasteiger partial charge in [0.2, 0.25) is 0 Å². The van der Waals surface area contributed by atoms with Gasteiger partial charge in [-0.25, -0.2) is 22.7 Å². The van der Waals surface area contributed by atoms with Crippen LogP contribution in [-0.2, 0) is 10.0 Å². The molecule has 0 amide bonds. The first kappa shape index (κ1) is 12.1. The molecule has 2 aromatic heterocycles. The summed E-state index contributed by atoms with van der Waals surface area (Å²) in [5.74, 6) is 0.219. The van der Waals surface area contributed by atoms with Crippen LogP contribution in [0.4, 0.5) is 8.78 Å². The quantitative estimate of drug-likeness (QED) is 0.810. The fourth-order valence-electron chi connectivity index (χ4n) is 1.21.